The first-order valence-electron chi connectivity index (χ1n) is 8.53. The van der Waals surface area contributed by atoms with Gasteiger partial charge in [0.15, 0.2) is 0 Å². The molecule has 0 aliphatic carbocycles. The number of allylic oxidation sites excluding steroid dienone is 2. The van der Waals surface area contributed by atoms with Gasteiger partial charge in [-0.1, -0.05) is 35.4 Å². The Morgan fingerprint density at radius 1 is 1.23 bits per heavy atom. The fraction of sp³-hybridized carbons (Fsp3) is 0.286. The Morgan fingerprint density at radius 3 is 2.58 bits per heavy atom. The molecule has 0 spiro atoms. The second kappa shape index (κ2) is 7.50. The maximum atomic E-state index is 13.1. The third-order valence-corrected chi connectivity index (χ3v) is 4.72. The van der Waals surface area contributed by atoms with Gasteiger partial charge in [-0.25, -0.2) is 4.39 Å². The monoisotopic (exact) mass is 372 g/mol. The molecule has 1 aromatic carbocycles. The van der Waals surface area contributed by atoms with E-state index in [0.29, 0.717) is 17.6 Å². The molecule has 26 heavy (non-hydrogen) atoms. The number of ether oxygens (including phenoxy) is 1. The maximum absolute atomic E-state index is 13.1. The van der Waals surface area contributed by atoms with E-state index in [4.69, 9.17) is 16.3 Å². The number of rotatable bonds is 5. The summed E-state index contributed by atoms with van der Waals surface area (Å²) in [5.41, 5.74) is 5.38. The summed E-state index contributed by atoms with van der Waals surface area (Å²) in [6, 6.07) is 8.13. The molecule has 5 heteroatoms. The summed E-state index contributed by atoms with van der Waals surface area (Å²) >= 11 is 6.23. The number of hydrogen-bond donors (Lipinski definition) is 0. The Bertz CT molecular complexity index is 970. The number of halogens is 2. The van der Waals surface area contributed by atoms with Crippen LogP contribution in [0.15, 0.2) is 42.0 Å². The van der Waals surface area contributed by atoms with Gasteiger partial charge in [0.05, 0.1) is 0 Å². The summed E-state index contributed by atoms with van der Waals surface area (Å²) in [6.07, 6.45) is 2.17. The fourth-order valence-electron chi connectivity index (χ4n) is 2.93. The Kier molecular flexibility index (Phi) is 5.33. The highest BCUT2D eigenvalue weighted by Gasteiger charge is 2.17. The van der Waals surface area contributed by atoms with Gasteiger partial charge in [-0.3, -0.25) is 0 Å². The van der Waals surface area contributed by atoms with E-state index < -0.39 is 0 Å². The van der Waals surface area contributed by atoms with E-state index in [1.54, 1.807) is 12.1 Å². The lowest BCUT2D eigenvalue weighted by atomic mass is 10.2. The largest absolute Gasteiger partial charge is 0.471 e. The van der Waals surface area contributed by atoms with Crippen molar-refractivity contribution in [2.45, 2.75) is 40.8 Å². The first kappa shape index (κ1) is 18.5. The van der Waals surface area contributed by atoms with Crippen LogP contribution < -0.4 is 4.74 Å². The molecule has 136 valence electrons. The Morgan fingerprint density at radius 2 is 1.92 bits per heavy atom. The lowest BCUT2D eigenvalue weighted by molar-refractivity contribution is 0.296. The van der Waals surface area contributed by atoms with Crippen LogP contribution in [0.3, 0.4) is 0 Å². The van der Waals surface area contributed by atoms with Crippen LogP contribution in [0.5, 0.6) is 5.88 Å². The van der Waals surface area contributed by atoms with Crippen LogP contribution in [0.2, 0.25) is 5.15 Å². The number of pyridine rings is 1. The smallest absolute Gasteiger partial charge is 0.240 e. The Labute approximate surface area is 158 Å². The summed E-state index contributed by atoms with van der Waals surface area (Å²) in [5, 5.41) is 1.44. The van der Waals surface area contributed by atoms with Gasteiger partial charge in [0.25, 0.3) is 0 Å². The molecule has 0 unspecified atom stereocenters. The van der Waals surface area contributed by atoms with Crippen LogP contribution in [0.4, 0.5) is 4.39 Å². The highest BCUT2D eigenvalue weighted by molar-refractivity contribution is 6.30. The number of benzene rings is 1. The number of hydrogen-bond acceptors (Lipinski definition) is 2. The molecule has 0 saturated carbocycles. The summed E-state index contributed by atoms with van der Waals surface area (Å²) < 4.78 is 21.3. The van der Waals surface area contributed by atoms with Gasteiger partial charge in [0.2, 0.25) is 5.88 Å². The molecule has 3 aromatic rings. The van der Waals surface area contributed by atoms with Gasteiger partial charge in [0.1, 0.15) is 23.1 Å². The maximum Gasteiger partial charge on any atom is 0.240 e. The SMILES string of the molecule is CC(C)=CCn1c(C)c(C)c2cc(Cl)nc(OCc3ccc(F)cc3)c21. The van der Waals surface area contributed by atoms with Crippen molar-refractivity contribution in [1.29, 1.82) is 0 Å². The van der Waals surface area contributed by atoms with E-state index in [2.05, 4.69) is 43.3 Å². The number of aryl methyl sites for hydroxylation is 1. The van der Waals surface area contributed by atoms with Crippen molar-refractivity contribution in [2.24, 2.45) is 0 Å². The van der Waals surface area contributed by atoms with Gasteiger partial charge in [0, 0.05) is 17.6 Å². The van der Waals surface area contributed by atoms with Crippen LogP contribution in [0, 0.1) is 19.7 Å². The van der Waals surface area contributed by atoms with Crippen LogP contribution in [0.25, 0.3) is 10.9 Å². The zero-order valence-electron chi connectivity index (χ0n) is 15.4. The molecule has 0 amide bonds. The average molecular weight is 373 g/mol. The van der Waals surface area contributed by atoms with Crippen molar-refractivity contribution in [1.82, 2.24) is 9.55 Å². The zero-order valence-corrected chi connectivity index (χ0v) is 16.2. The van der Waals surface area contributed by atoms with Crippen molar-refractivity contribution >= 4 is 22.5 Å². The predicted molar refractivity (Wildman–Crippen MR) is 104 cm³/mol. The summed E-state index contributed by atoms with van der Waals surface area (Å²) in [6.45, 7) is 9.37. The normalized spacial score (nSPS) is 11.0. The molecule has 0 N–H and O–H groups in total. The third-order valence-electron chi connectivity index (χ3n) is 4.52. The van der Waals surface area contributed by atoms with E-state index in [-0.39, 0.29) is 5.82 Å². The van der Waals surface area contributed by atoms with E-state index >= 15 is 0 Å². The van der Waals surface area contributed by atoms with E-state index in [1.165, 1.54) is 17.7 Å². The fourth-order valence-corrected chi connectivity index (χ4v) is 3.12. The minimum absolute atomic E-state index is 0.265. The molecular weight excluding hydrogens is 351 g/mol. The van der Waals surface area contributed by atoms with E-state index in [0.717, 1.165) is 34.3 Å². The van der Waals surface area contributed by atoms with Gasteiger partial charge in [-0.05, 0) is 57.0 Å². The molecule has 0 atom stereocenters. The molecule has 0 radical (unpaired) electrons. The quantitative estimate of drug-likeness (QED) is 0.406. The molecule has 0 fully saturated rings. The number of fused-ring (bicyclic) bond motifs is 1. The molecule has 3 rings (SSSR count). The lowest BCUT2D eigenvalue weighted by Crippen LogP contribution is -2.03. The molecule has 0 bridgehead atoms. The molecule has 2 heterocycles. The van der Waals surface area contributed by atoms with Crippen LogP contribution in [-0.4, -0.2) is 9.55 Å². The Hall–Kier alpha value is -2.33. The van der Waals surface area contributed by atoms with Crippen molar-refractivity contribution in [3.63, 3.8) is 0 Å². The lowest BCUT2D eigenvalue weighted by Gasteiger charge is -2.11. The van der Waals surface area contributed by atoms with Crippen LogP contribution in [0.1, 0.15) is 30.7 Å². The summed E-state index contributed by atoms with van der Waals surface area (Å²) in [4.78, 5) is 4.40. The third kappa shape index (κ3) is 3.75. The topological polar surface area (TPSA) is 27.1 Å². The van der Waals surface area contributed by atoms with E-state index in [9.17, 15) is 4.39 Å². The van der Waals surface area contributed by atoms with Crippen molar-refractivity contribution in [3.8, 4) is 5.88 Å². The standard InChI is InChI=1S/C21H22ClFN2O/c1-13(2)9-10-25-15(4)14(3)18-11-19(22)24-21(20(18)25)26-12-16-5-7-17(23)8-6-16/h5-9,11H,10,12H2,1-4H3. The average Bonchev–Trinajstić information content (AvgIpc) is 2.83. The molecule has 0 aliphatic rings. The predicted octanol–water partition coefficient (Wildman–Crippen LogP) is 5.99. The molecule has 0 saturated heterocycles. The second-order valence-corrected chi connectivity index (χ2v) is 7.05. The molecule has 2 aromatic heterocycles. The second-order valence-electron chi connectivity index (χ2n) is 6.66. The first-order valence-corrected chi connectivity index (χ1v) is 8.91. The zero-order chi connectivity index (χ0) is 18.8. The van der Waals surface area contributed by atoms with Crippen LogP contribution in [-0.2, 0) is 13.2 Å². The van der Waals surface area contributed by atoms with Crippen molar-refractivity contribution in [2.75, 3.05) is 0 Å². The summed E-state index contributed by atoms with van der Waals surface area (Å²) in [5.74, 6) is 0.231. The van der Waals surface area contributed by atoms with Gasteiger partial charge in [-0.15, -0.1) is 0 Å². The number of nitrogens with zero attached hydrogens (tertiary/aromatic N) is 2. The molecule has 0 aliphatic heterocycles. The van der Waals surface area contributed by atoms with E-state index in [1.807, 2.05) is 6.07 Å². The van der Waals surface area contributed by atoms with Gasteiger partial charge in [-0.2, -0.15) is 4.98 Å². The molecule has 3 nitrogen and oxygen atoms in total. The van der Waals surface area contributed by atoms with Crippen molar-refractivity contribution in [3.05, 3.63) is 69.8 Å². The Balaban J connectivity index is 2.04. The number of aromatic nitrogens is 2. The van der Waals surface area contributed by atoms with Crippen molar-refractivity contribution < 1.29 is 9.13 Å². The summed E-state index contributed by atoms with van der Waals surface area (Å²) in [7, 11) is 0. The van der Waals surface area contributed by atoms with Crippen LogP contribution >= 0.6 is 11.6 Å². The molecular formula is C21H22ClFN2O. The minimum Gasteiger partial charge on any atom is -0.471 e. The van der Waals surface area contributed by atoms with Gasteiger partial charge >= 0.3 is 0 Å². The highest BCUT2D eigenvalue weighted by atomic mass is 35.5. The first-order chi connectivity index (χ1) is 12.4. The highest BCUT2D eigenvalue weighted by Crippen LogP contribution is 2.33. The minimum atomic E-state index is -0.265. The van der Waals surface area contributed by atoms with Gasteiger partial charge < -0.3 is 9.30 Å².